The van der Waals surface area contributed by atoms with Gasteiger partial charge in [-0.1, -0.05) is 25.1 Å². The minimum absolute atomic E-state index is 0.0773. The zero-order chi connectivity index (χ0) is 19.1. The summed E-state index contributed by atoms with van der Waals surface area (Å²) in [7, 11) is 1.61. The van der Waals surface area contributed by atoms with Crippen LogP contribution in [0.15, 0.2) is 48.3 Å². The van der Waals surface area contributed by atoms with Crippen LogP contribution in [0, 0.1) is 11.8 Å². The van der Waals surface area contributed by atoms with E-state index >= 15 is 0 Å². The van der Waals surface area contributed by atoms with Crippen LogP contribution in [0.5, 0.6) is 5.75 Å². The summed E-state index contributed by atoms with van der Waals surface area (Å²) >= 11 is 0. The lowest BCUT2D eigenvalue weighted by Gasteiger charge is -2.37. The van der Waals surface area contributed by atoms with Crippen LogP contribution >= 0.6 is 0 Å². The zero-order valence-electron chi connectivity index (χ0n) is 15.8. The van der Waals surface area contributed by atoms with Crippen molar-refractivity contribution in [3.8, 4) is 5.75 Å². The Labute approximate surface area is 159 Å². The maximum atomic E-state index is 13.4. The molecule has 3 aliphatic rings. The van der Waals surface area contributed by atoms with Crippen molar-refractivity contribution in [3.05, 3.63) is 53.8 Å². The number of methoxy groups -OCH3 is 1. The lowest BCUT2D eigenvalue weighted by molar-refractivity contribution is -0.135. The average Bonchev–Trinajstić information content (AvgIpc) is 2.95. The summed E-state index contributed by atoms with van der Waals surface area (Å²) in [5.41, 5.74) is 1.40. The fraction of sp³-hybridized carbons (Fsp3) is 0.455. The zero-order valence-corrected chi connectivity index (χ0v) is 15.8. The third-order valence-electron chi connectivity index (χ3n) is 5.96. The van der Waals surface area contributed by atoms with E-state index in [1.165, 1.54) is 0 Å². The van der Waals surface area contributed by atoms with Gasteiger partial charge in [0, 0.05) is 6.54 Å². The molecule has 4 atom stereocenters. The van der Waals surface area contributed by atoms with Crippen LogP contribution in [0.3, 0.4) is 0 Å². The first-order valence-corrected chi connectivity index (χ1v) is 9.56. The van der Waals surface area contributed by atoms with E-state index in [0.717, 1.165) is 30.6 Å². The van der Waals surface area contributed by atoms with Crippen molar-refractivity contribution in [2.45, 2.75) is 38.3 Å². The molecule has 4 rings (SSSR count). The summed E-state index contributed by atoms with van der Waals surface area (Å²) in [6.07, 6.45) is 4.20. The van der Waals surface area contributed by atoms with Gasteiger partial charge in [-0.2, -0.15) is 0 Å². The summed E-state index contributed by atoms with van der Waals surface area (Å²) in [4.78, 5) is 28.1. The molecule has 2 heterocycles. The Morgan fingerprint density at radius 3 is 2.67 bits per heavy atom. The second kappa shape index (κ2) is 6.87. The molecular formula is C22H25NO4. The Morgan fingerprint density at radius 2 is 2.00 bits per heavy atom. The highest BCUT2D eigenvalue weighted by atomic mass is 16.5. The molecule has 0 saturated heterocycles. The third kappa shape index (κ3) is 2.85. The van der Waals surface area contributed by atoms with E-state index in [1.807, 2.05) is 24.3 Å². The number of Topliss-reactive ketones (excluding diaryl/α,β-unsaturated/α-hetero) is 1. The van der Waals surface area contributed by atoms with Gasteiger partial charge in [-0.05, 0) is 42.9 Å². The average molecular weight is 367 g/mol. The van der Waals surface area contributed by atoms with E-state index in [-0.39, 0.29) is 29.5 Å². The summed E-state index contributed by atoms with van der Waals surface area (Å²) in [6.45, 7) is 6.32. The van der Waals surface area contributed by atoms with E-state index in [0.29, 0.717) is 18.0 Å². The number of ether oxygens (including phenoxy) is 2. The molecule has 1 aliphatic carbocycles. The molecule has 0 radical (unpaired) electrons. The van der Waals surface area contributed by atoms with Gasteiger partial charge in [0.05, 0.1) is 24.6 Å². The lowest BCUT2D eigenvalue weighted by Crippen LogP contribution is -2.41. The molecule has 5 nitrogen and oxygen atoms in total. The molecule has 0 N–H and O–H groups in total. The van der Waals surface area contributed by atoms with Crippen LogP contribution in [0.1, 0.15) is 37.8 Å². The van der Waals surface area contributed by atoms with Crippen molar-refractivity contribution >= 4 is 11.7 Å². The molecule has 1 aromatic carbocycles. The molecule has 0 bridgehead atoms. The normalized spacial score (nSPS) is 29.9. The summed E-state index contributed by atoms with van der Waals surface area (Å²) in [5, 5.41) is 0. The van der Waals surface area contributed by atoms with Gasteiger partial charge in [-0.3, -0.25) is 9.59 Å². The standard InChI is InChI=1S/C22H25NO4/c1-4-11-23-19(14-6-8-15(26-3)9-7-14)18-20(24)16-12-13(2)5-10-17(16)27-21(18)22(23)25/h4,6-9,13,16-17,19H,1,5,10-12H2,2-3H3. The Balaban J connectivity index is 1.77. The predicted molar refractivity (Wildman–Crippen MR) is 101 cm³/mol. The van der Waals surface area contributed by atoms with Crippen molar-refractivity contribution in [1.29, 1.82) is 0 Å². The highest BCUT2D eigenvalue weighted by Gasteiger charge is 2.52. The maximum absolute atomic E-state index is 13.4. The molecule has 1 aromatic rings. The molecule has 4 unspecified atom stereocenters. The van der Waals surface area contributed by atoms with E-state index < -0.39 is 6.04 Å². The second-order valence-electron chi connectivity index (χ2n) is 7.71. The van der Waals surface area contributed by atoms with Crippen LogP contribution in [0.25, 0.3) is 0 Å². The summed E-state index contributed by atoms with van der Waals surface area (Å²) in [5.74, 6) is 1.20. The molecule has 0 aromatic heterocycles. The SMILES string of the molecule is C=CCN1C(=O)C2=C(C(=O)C3CC(C)CCC3O2)C1c1ccc(OC)cc1. The van der Waals surface area contributed by atoms with Gasteiger partial charge >= 0.3 is 0 Å². The largest absolute Gasteiger partial charge is 0.497 e. The Morgan fingerprint density at radius 1 is 1.26 bits per heavy atom. The number of rotatable bonds is 4. The molecule has 0 spiro atoms. The number of hydrogen-bond acceptors (Lipinski definition) is 4. The molecule has 1 fully saturated rings. The lowest BCUT2D eigenvalue weighted by atomic mass is 9.74. The van der Waals surface area contributed by atoms with Crippen LogP contribution in [-0.4, -0.2) is 36.3 Å². The molecule has 142 valence electrons. The topological polar surface area (TPSA) is 55.8 Å². The van der Waals surface area contributed by atoms with Gasteiger partial charge in [0.2, 0.25) is 0 Å². The minimum atomic E-state index is -0.429. The smallest absolute Gasteiger partial charge is 0.290 e. The monoisotopic (exact) mass is 367 g/mol. The van der Waals surface area contributed by atoms with Gasteiger partial charge in [0.15, 0.2) is 11.5 Å². The number of fused-ring (bicyclic) bond motifs is 1. The number of amides is 1. The molecule has 1 amide bonds. The van der Waals surface area contributed by atoms with E-state index in [1.54, 1.807) is 18.1 Å². The number of ketones is 1. The number of carbonyl (C=O) groups is 2. The molecule has 27 heavy (non-hydrogen) atoms. The van der Waals surface area contributed by atoms with Gasteiger partial charge in [-0.15, -0.1) is 6.58 Å². The van der Waals surface area contributed by atoms with E-state index in [4.69, 9.17) is 9.47 Å². The first kappa shape index (κ1) is 17.8. The fourth-order valence-electron chi connectivity index (χ4n) is 4.58. The molecule has 5 heteroatoms. The van der Waals surface area contributed by atoms with Gasteiger partial charge in [-0.25, -0.2) is 0 Å². The van der Waals surface area contributed by atoms with Gasteiger partial charge in [0.1, 0.15) is 11.9 Å². The Bertz CT molecular complexity index is 810. The van der Waals surface area contributed by atoms with Crippen molar-refractivity contribution < 1.29 is 19.1 Å². The van der Waals surface area contributed by atoms with Crippen LogP contribution < -0.4 is 4.74 Å². The minimum Gasteiger partial charge on any atom is -0.497 e. The Hall–Kier alpha value is -2.56. The van der Waals surface area contributed by atoms with Gasteiger partial charge < -0.3 is 14.4 Å². The van der Waals surface area contributed by atoms with E-state index in [9.17, 15) is 9.59 Å². The predicted octanol–water partition coefficient (Wildman–Crippen LogP) is 3.42. The fourth-order valence-corrected chi connectivity index (χ4v) is 4.58. The first-order valence-electron chi connectivity index (χ1n) is 9.56. The molecular weight excluding hydrogens is 342 g/mol. The van der Waals surface area contributed by atoms with Crippen molar-refractivity contribution in [2.75, 3.05) is 13.7 Å². The summed E-state index contributed by atoms with van der Waals surface area (Å²) in [6, 6.07) is 7.09. The molecule has 1 saturated carbocycles. The number of carbonyl (C=O) groups excluding carboxylic acids is 2. The van der Waals surface area contributed by atoms with Crippen LogP contribution in [-0.2, 0) is 14.3 Å². The highest BCUT2D eigenvalue weighted by Crippen LogP contribution is 2.47. The number of hydrogen-bond donors (Lipinski definition) is 0. The highest BCUT2D eigenvalue weighted by molar-refractivity contribution is 6.11. The maximum Gasteiger partial charge on any atom is 0.290 e. The van der Waals surface area contributed by atoms with Crippen LogP contribution in [0.4, 0.5) is 0 Å². The number of nitrogens with zero attached hydrogens (tertiary/aromatic N) is 1. The summed E-state index contributed by atoms with van der Waals surface area (Å²) < 4.78 is 11.4. The second-order valence-corrected chi connectivity index (χ2v) is 7.71. The van der Waals surface area contributed by atoms with Crippen LogP contribution in [0.2, 0.25) is 0 Å². The molecule has 2 aliphatic heterocycles. The van der Waals surface area contributed by atoms with Crippen molar-refractivity contribution in [2.24, 2.45) is 11.8 Å². The van der Waals surface area contributed by atoms with E-state index in [2.05, 4.69) is 13.5 Å². The van der Waals surface area contributed by atoms with Gasteiger partial charge in [0.25, 0.3) is 5.91 Å². The third-order valence-corrected chi connectivity index (χ3v) is 5.96. The Kier molecular flexibility index (Phi) is 4.54. The number of benzene rings is 1. The van der Waals surface area contributed by atoms with Crippen molar-refractivity contribution in [1.82, 2.24) is 4.90 Å². The van der Waals surface area contributed by atoms with Crippen molar-refractivity contribution in [3.63, 3.8) is 0 Å². The first-order chi connectivity index (χ1) is 13.0. The quantitative estimate of drug-likeness (QED) is 0.765.